The molecule has 2 heteroatoms. The summed E-state index contributed by atoms with van der Waals surface area (Å²) in [6.45, 7) is 11.0. The van der Waals surface area contributed by atoms with E-state index in [0.29, 0.717) is 12.3 Å². The van der Waals surface area contributed by atoms with Gasteiger partial charge in [-0.05, 0) is 55.9 Å². The van der Waals surface area contributed by atoms with Crippen molar-refractivity contribution in [1.29, 1.82) is 0 Å². The van der Waals surface area contributed by atoms with Crippen molar-refractivity contribution >= 4 is 0 Å². The smallest absolute Gasteiger partial charge is 0.111 e. The SMILES string of the molecule is C=C1CC[C@@H]2CCc3coc(c3C2(C)C)C/C(C)=C\[C@@H](O)C1. The Balaban J connectivity index is 2.04. The van der Waals surface area contributed by atoms with Crippen LogP contribution < -0.4 is 0 Å². The predicted molar refractivity (Wildman–Crippen MR) is 90.0 cm³/mol. The highest BCUT2D eigenvalue weighted by molar-refractivity contribution is 5.40. The fourth-order valence-corrected chi connectivity index (χ4v) is 4.40. The molecule has 0 spiro atoms. The lowest BCUT2D eigenvalue weighted by atomic mass is 9.64. The summed E-state index contributed by atoms with van der Waals surface area (Å²) in [5.41, 5.74) is 5.33. The van der Waals surface area contributed by atoms with E-state index in [1.54, 1.807) is 0 Å². The van der Waals surface area contributed by atoms with Gasteiger partial charge < -0.3 is 9.52 Å². The number of allylic oxidation sites excluding steroid dienone is 1. The summed E-state index contributed by atoms with van der Waals surface area (Å²) >= 11 is 0. The summed E-state index contributed by atoms with van der Waals surface area (Å²) in [4.78, 5) is 0. The molecule has 0 saturated heterocycles. The van der Waals surface area contributed by atoms with E-state index in [9.17, 15) is 5.11 Å². The molecule has 2 bridgehead atoms. The second-order valence-electron chi connectivity index (χ2n) is 7.77. The van der Waals surface area contributed by atoms with Gasteiger partial charge in [-0.15, -0.1) is 0 Å². The van der Waals surface area contributed by atoms with Crippen LogP contribution in [0.3, 0.4) is 0 Å². The van der Waals surface area contributed by atoms with Crippen molar-refractivity contribution in [3.63, 3.8) is 0 Å². The first-order valence-corrected chi connectivity index (χ1v) is 8.49. The summed E-state index contributed by atoms with van der Waals surface area (Å²) in [6, 6.07) is 0. The average Bonchev–Trinajstić information content (AvgIpc) is 2.80. The normalized spacial score (nSPS) is 30.9. The lowest BCUT2D eigenvalue weighted by Gasteiger charge is -2.40. The van der Waals surface area contributed by atoms with Gasteiger partial charge >= 0.3 is 0 Å². The number of hydrogen-bond acceptors (Lipinski definition) is 2. The van der Waals surface area contributed by atoms with Crippen molar-refractivity contribution in [2.24, 2.45) is 5.92 Å². The van der Waals surface area contributed by atoms with Gasteiger partial charge in [-0.2, -0.15) is 0 Å². The van der Waals surface area contributed by atoms with Crippen molar-refractivity contribution in [2.75, 3.05) is 0 Å². The molecule has 0 aliphatic heterocycles. The van der Waals surface area contributed by atoms with Crippen LogP contribution in [-0.2, 0) is 18.3 Å². The van der Waals surface area contributed by atoms with E-state index in [4.69, 9.17) is 4.42 Å². The summed E-state index contributed by atoms with van der Waals surface area (Å²) in [6.07, 6.45) is 9.52. The minimum atomic E-state index is -0.417. The van der Waals surface area contributed by atoms with Crippen LogP contribution in [0.15, 0.2) is 34.5 Å². The highest BCUT2D eigenvalue weighted by Crippen LogP contribution is 2.46. The zero-order valence-corrected chi connectivity index (χ0v) is 14.1. The van der Waals surface area contributed by atoms with Crippen molar-refractivity contribution in [1.82, 2.24) is 0 Å². The molecule has 0 unspecified atom stereocenters. The van der Waals surface area contributed by atoms with E-state index < -0.39 is 6.10 Å². The predicted octanol–water partition coefficient (Wildman–Crippen LogP) is 4.71. The highest BCUT2D eigenvalue weighted by atomic mass is 16.3. The number of fused-ring (bicyclic) bond motifs is 1. The molecule has 1 heterocycles. The number of hydrogen-bond donors (Lipinski definition) is 1. The van der Waals surface area contributed by atoms with Crippen LogP contribution in [0.4, 0.5) is 0 Å². The molecule has 0 saturated carbocycles. The van der Waals surface area contributed by atoms with Crippen LogP contribution in [0.2, 0.25) is 0 Å². The summed E-state index contributed by atoms with van der Waals surface area (Å²) in [7, 11) is 0. The first-order valence-electron chi connectivity index (χ1n) is 8.49. The minimum Gasteiger partial charge on any atom is -0.468 e. The van der Waals surface area contributed by atoms with Gasteiger partial charge in [0.25, 0.3) is 0 Å². The van der Waals surface area contributed by atoms with Crippen LogP contribution in [0.5, 0.6) is 0 Å². The van der Waals surface area contributed by atoms with Gasteiger partial charge in [0.2, 0.25) is 0 Å². The zero-order chi connectivity index (χ0) is 15.9. The van der Waals surface area contributed by atoms with Gasteiger partial charge in [0.15, 0.2) is 0 Å². The molecule has 1 N–H and O–H groups in total. The third-order valence-corrected chi connectivity index (χ3v) is 5.63. The van der Waals surface area contributed by atoms with Gasteiger partial charge in [-0.25, -0.2) is 0 Å². The summed E-state index contributed by atoms with van der Waals surface area (Å²) in [5, 5.41) is 10.2. The molecule has 1 aromatic heterocycles. The van der Waals surface area contributed by atoms with E-state index in [1.165, 1.54) is 28.7 Å². The summed E-state index contributed by atoms with van der Waals surface area (Å²) < 4.78 is 5.93. The molecular formula is C20H28O2. The van der Waals surface area contributed by atoms with Crippen molar-refractivity contribution in [2.45, 2.75) is 70.8 Å². The van der Waals surface area contributed by atoms with Gasteiger partial charge in [0.1, 0.15) is 5.76 Å². The Morgan fingerprint density at radius 2 is 2.00 bits per heavy atom. The number of rotatable bonds is 0. The first-order chi connectivity index (χ1) is 10.4. The van der Waals surface area contributed by atoms with Gasteiger partial charge in [-0.3, -0.25) is 0 Å². The van der Waals surface area contributed by atoms with E-state index in [1.807, 2.05) is 12.3 Å². The van der Waals surface area contributed by atoms with Crippen molar-refractivity contribution in [3.05, 3.63) is 47.0 Å². The van der Waals surface area contributed by atoms with E-state index in [-0.39, 0.29) is 5.41 Å². The fraction of sp³-hybridized carbons (Fsp3) is 0.600. The number of aliphatic hydroxyl groups excluding tert-OH is 1. The van der Waals surface area contributed by atoms with Crippen LogP contribution in [0.25, 0.3) is 0 Å². The third kappa shape index (κ3) is 2.81. The largest absolute Gasteiger partial charge is 0.468 e. The molecule has 3 rings (SSSR count). The zero-order valence-electron chi connectivity index (χ0n) is 14.1. The molecule has 0 aromatic carbocycles. The van der Waals surface area contributed by atoms with E-state index in [2.05, 4.69) is 27.4 Å². The summed E-state index contributed by atoms with van der Waals surface area (Å²) in [5.74, 6) is 1.76. The first kappa shape index (κ1) is 15.6. The topological polar surface area (TPSA) is 33.4 Å². The molecule has 2 atom stereocenters. The van der Waals surface area contributed by atoms with E-state index >= 15 is 0 Å². The molecule has 0 amide bonds. The molecule has 2 aliphatic rings. The van der Waals surface area contributed by atoms with Crippen molar-refractivity contribution < 1.29 is 9.52 Å². The second-order valence-corrected chi connectivity index (χ2v) is 7.77. The maximum Gasteiger partial charge on any atom is 0.111 e. The third-order valence-electron chi connectivity index (χ3n) is 5.63. The lowest BCUT2D eigenvalue weighted by molar-refractivity contribution is 0.217. The van der Waals surface area contributed by atoms with Crippen LogP contribution >= 0.6 is 0 Å². The molecular weight excluding hydrogens is 272 g/mol. The number of furan rings is 1. The van der Waals surface area contributed by atoms with Gasteiger partial charge in [-0.1, -0.05) is 37.6 Å². The number of aliphatic hydroxyl groups is 1. The van der Waals surface area contributed by atoms with Gasteiger partial charge in [0.05, 0.1) is 12.4 Å². The fourth-order valence-electron chi connectivity index (χ4n) is 4.40. The standard InChI is InChI=1S/C20H28O2/c1-13-5-7-16-8-6-15-12-22-18(19(15)20(16,3)4)11-14(2)10-17(21)9-13/h10,12,16-17,21H,1,5-9,11H2,2-4H3/b14-10-/t16-,17+/m1/s1. The minimum absolute atomic E-state index is 0.161. The molecule has 2 aliphatic carbocycles. The Bertz CT molecular complexity index is 603. The molecule has 0 radical (unpaired) electrons. The van der Waals surface area contributed by atoms with E-state index in [0.717, 1.165) is 31.4 Å². The second kappa shape index (κ2) is 5.73. The molecule has 22 heavy (non-hydrogen) atoms. The Morgan fingerprint density at radius 1 is 1.27 bits per heavy atom. The quantitative estimate of drug-likeness (QED) is 0.704. The van der Waals surface area contributed by atoms with Crippen LogP contribution in [-0.4, -0.2) is 11.2 Å². The average molecular weight is 300 g/mol. The van der Waals surface area contributed by atoms with Crippen molar-refractivity contribution in [3.8, 4) is 0 Å². The van der Waals surface area contributed by atoms with Crippen LogP contribution in [0.1, 0.15) is 63.3 Å². The Hall–Kier alpha value is -1.28. The highest BCUT2D eigenvalue weighted by Gasteiger charge is 2.39. The maximum absolute atomic E-state index is 10.2. The van der Waals surface area contributed by atoms with Gasteiger partial charge in [0, 0.05) is 12.0 Å². The Kier molecular flexibility index (Phi) is 4.07. The Labute approximate surface area is 133 Å². The lowest BCUT2D eigenvalue weighted by Crippen LogP contribution is -2.34. The Morgan fingerprint density at radius 3 is 2.77 bits per heavy atom. The maximum atomic E-state index is 10.2. The molecule has 2 nitrogen and oxygen atoms in total. The number of aryl methyl sites for hydroxylation is 1. The molecule has 1 aromatic rings. The molecule has 120 valence electrons. The molecule has 0 fully saturated rings. The van der Waals surface area contributed by atoms with Crippen LogP contribution in [0, 0.1) is 5.92 Å². The monoisotopic (exact) mass is 300 g/mol.